The SMILES string of the molecule is CC(C)NC[C@H](C(=O)N1CCN(c2ncnc3c2[C@@H](C)C[C@H]3O)CC1)c1ccc(Cl)cc1. The minimum absolute atomic E-state index is 0.136. The number of amides is 1. The number of aliphatic hydroxyl groups is 1. The molecule has 3 atom stereocenters. The van der Waals surface area contributed by atoms with E-state index in [2.05, 4.69) is 41.0 Å². The van der Waals surface area contributed by atoms with E-state index in [1.54, 1.807) is 6.33 Å². The predicted octanol–water partition coefficient (Wildman–Crippen LogP) is 3.10. The number of aromatic nitrogens is 2. The Balaban J connectivity index is 1.47. The van der Waals surface area contributed by atoms with E-state index >= 15 is 0 Å². The Morgan fingerprint density at radius 3 is 2.53 bits per heavy atom. The number of carbonyl (C=O) groups is 1. The molecule has 32 heavy (non-hydrogen) atoms. The molecule has 1 aliphatic carbocycles. The maximum atomic E-state index is 13.5. The van der Waals surface area contributed by atoms with Crippen LogP contribution in [-0.4, -0.2) is 64.6 Å². The van der Waals surface area contributed by atoms with Crippen molar-refractivity contribution in [3.63, 3.8) is 0 Å². The van der Waals surface area contributed by atoms with E-state index in [1.807, 2.05) is 29.2 Å². The third-order valence-corrected chi connectivity index (χ3v) is 6.72. The number of carbonyl (C=O) groups excluding carboxylic acids is 1. The van der Waals surface area contributed by atoms with Gasteiger partial charge in [-0.25, -0.2) is 9.97 Å². The molecule has 1 aromatic heterocycles. The highest BCUT2D eigenvalue weighted by Gasteiger charge is 2.35. The second-order valence-corrected chi connectivity index (χ2v) is 9.56. The fourth-order valence-corrected chi connectivity index (χ4v) is 4.84. The highest BCUT2D eigenvalue weighted by molar-refractivity contribution is 6.30. The van der Waals surface area contributed by atoms with Crippen molar-refractivity contribution in [3.05, 3.63) is 52.4 Å². The van der Waals surface area contributed by atoms with Gasteiger partial charge in [0, 0.05) is 49.4 Å². The summed E-state index contributed by atoms with van der Waals surface area (Å²) in [6.45, 7) is 9.57. The molecule has 2 aromatic rings. The minimum atomic E-state index is -0.516. The van der Waals surface area contributed by atoms with Crippen LogP contribution < -0.4 is 10.2 Å². The van der Waals surface area contributed by atoms with Crippen LogP contribution in [0.2, 0.25) is 5.02 Å². The number of piperazine rings is 1. The molecule has 172 valence electrons. The Morgan fingerprint density at radius 2 is 1.88 bits per heavy atom. The van der Waals surface area contributed by atoms with Gasteiger partial charge in [-0.1, -0.05) is 44.5 Å². The molecule has 1 aliphatic heterocycles. The van der Waals surface area contributed by atoms with Crippen molar-refractivity contribution in [2.45, 2.75) is 51.2 Å². The number of benzene rings is 1. The Kier molecular flexibility index (Phi) is 6.98. The van der Waals surface area contributed by atoms with E-state index in [-0.39, 0.29) is 17.7 Å². The number of halogens is 1. The van der Waals surface area contributed by atoms with Crippen LogP contribution in [0.4, 0.5) is 5.82 Å². The summed E-state index contributed by atoms with van der Waals surface area (Å²) in [6, 6.07) is 7.87. The zero-order valence-corrected chi connectivity index (χ0v) is 19.7. The van der Waals surface area contributed by atoms with Crippen LogP contribution in [0, 0.1) is 0 Å². The topological polar surface area (TPSA) is 81.6 Å². The molecule has 7 nitrogen and oxygen atoms in total. The molecular formula is C24H32ClN5O2. The number of anilines is 1. The molecule has 4 rings (SSSR count). The summed E-state index contributed by atoms with van der Waals surface area (Å²) in [7, 11) is 0. The van der Waals surface area contributed by atoms with Crippen LogP contribution in [0.3, 0.4) is 0 Å². The van der Waals surface area contributed by atoms with Crippen LogP contribution in [0.25, 0.3) is 0 Å². The van der Waals surface area contributed by atoms with Gasteiger partial charge in [0.2, 0.25) is 5.91 Å². The average Bonchev–Trinajstić information content (AvgIpc) is 3.08. The molecule has 1 amide bonds. The third-order valence-electron chi connectivity index (χ3n) is 6.47. The maximum absolute atomic E-state index is 13.5. The maximum Gasteiger partial charge on any atom is 0.231 e. The van der Waals surface area contributed by atoms with Gasteiger partial charge < -0.3 is 20.2 Å². The van der Waals surface area contributed by atoms with Gasteiger partial charge in [-0.3, -0.25) is 4.79 Å². The van der Waals surface area contributed by atoms with Gasteiger partial charge in [-0.15, -0.1) is 0 Å². The van der Waals surface area contributed by atoms with Crippen LogP contribution >= 0.6 is 11.6 Å². The second-order valence-electron chi connectivity index (χ2n) is 9.13. The lowest BCUT2D eigenvalue weighted by atomic mass is 9.96. The molecule has 0 radical (unpaired) electrons. The van der Waals surface area contributed by atoms with Crippen molar-refractivity contribution >= 4 is 23.3 Å². The summed E-state index contributed by atoms with van der Waals surface area (Å²) in [5.74, 6) is 1.02. The van der Waals surface area contributed by atoms with E-state index in [1.165, 1.54) is 0 Å². The van der Waals surface area contributed by atoms with Gasteiger partial charge in [-0.05, 0) is 30.0 Å². The first-order chi connectivity index (χ1) is 15.3. The smallest absolute Gasteiger partial charge is 0.231 e. The quantitative estimate of drug-likeness (QED) is 0.693. The molecule has 0 saturated carbocycles. The highest BCUT2D eigenvalue weighted by atomic mass is 35.5. The van der Waals surface area contributed by atoms with Crippen molar-refractivity contribution in [2.75, 3.05) is 37.6 Å². The molecular weight excluding hydrogens is 426 g/mol. The highest BCUT2D eigenvalue weighted by Crippen LogP contribution is 2.42. The van der Waals surface area contributed by atoms with E-state index in [4.69, 9.17) is 11.6 Å². The van der Waals surface area contributed by atoms with Crippen molar-refractivity contribution in [2.24, 2.45) is 0 Å². The zero-order chi connectivity index (χ0) is 22.8. The van der Waals surface area contributed by atoms with Crippen molar-refractivity contribution < 1.29 is 9.90 Å². The molecule has 0 unspecified atom stereocenters. The normalized spacial score (nSPS) is 21.7. The molecule has 1 aromatic carbocycles. The van der Waals surface area contributed by atoms with Gasteiger partial charge in [-0.2, -0.15) is 0 Å². The van der Waals surface area contributed by atoms with Crippen LogP contribution in [-0.2, 0) is 4.79 Å². The number of hydrogen-bond donors (Lipinski definition) is 2. The number of nitrogens with one attached hydrogen (secondary N) is 1. The molecule has 1 saturated heterocycles. The zero-order valence-electron chi connectivity index (χ0n) is 19.0. The van der Waals surface area contributed by atoms with Gasteiger partial charge >= 0.3 is 0 Å². The van der Waals surface area contributed by atoms with Crippen molar-refractivity contribution in [1.29, 1.82) is 0 Å². The third kappa shape index (κ3) is 4.75. The van der Waals surface area contributed by atoms with Gasteiger partial charge in [0.25, 0.3) is 0 Å². The van der Waals surface area contributed by atoms with Crippen molar-refractivity contribution in [1.82, 2.24) is 20.2 Å². The van der Waals surface area contributed by atoms with Crippen LogP contribution in [0.5, 0.6) is 0 Å². The van der Waals surface area contributed by atoms with Gasteiger partial charge in [0.05, 0.1) is 17.7 Å². The second kappa shape index (κ2) is 9.73. The fraction of sp³-hybridized carbons (Fsp3) is 0.542. The molecule has 0 bridgehead atoms. The number of rotatable bonds is 6. The number of fused-ring (bicyclic) bond motifs is 1. The largest absolute Gasteiger partial charge is 0.387 e. The molecule has 8 heteroatoms. The summed E-state index contributed by atoms with van der Waals surface area (Å²) >= 11 is 6.06. The number of aliphatic hydroxyl groups excluding tert-OH is 1. The van der Waals surface area contributed by atoms with Crippen LogP contribution in [0.1, 0.15) is 62.0 Å². The monoisotopic (exact) mass is 457 g/mol. The molecule has 0 spiro atoms. The fourth-order valence-electron chi connectivity index (χ4n) is 4.71. The lowest BCUT2D eigenvalue weighted by molar-refractivity contribution is -0.133. The summed E-state index contributed by atoms with van der Waals surface area (Å²) in [4.78, 5) is 26.5. The Bertz CT molecular complexity index is 944. The first-order valence-electron chi connectivity index (χ1n) is 11.4. The van der Waals surface area contributed by atoms with E-state index in [0.717, 1.165) is 22.6 Å². The molecule has 2 N–H and O–H groups in total. The average molecular weight is 458 g/mol. The van der Waals surface area contributed by atoms with Crippen molar-refractivity contribution in [3.8, 4) is 0 Å². The van der Waals surface area contributed by atoms with E-state index in [0.29, 0.717) is 50.2 Å². The summed E-state index contributed by atoms with van der Waals surface area (Å²) in [5.41, 5.74) is 2.79. The Hall–Kier alpha value is -2.22. The molecule has 2 aliphatic rings. The lowest BCUT2D eigenvalue weighted by Gasteiger charge is -2.38. The van der Waals surface area contributed by atoms with Gasteiger partial charge in [0.15, 0.2) is 0 Å². The Labute approximate surface area is 194 Å². The molecule has 2 heterocycles. The predicted molar refractivity (Wildman–Crippen MR) is 126 cm³/mol. The summed E-state index contributed by atoms with van der Waals surface area (Å²) in [5, 5.41) is 14.4. The number of hydrogen-bond acceptors (Lipinski definition) is 6. The summed E-state index contributed by atoms with van der Waals surface area (Å²) < 4.78 is 0. The number of nitrogens with zero attached hydrogens (tertiary/aromatic N) is 4. The van der Waals surface area contributed by atoms with Gasteiger partial charge in [0.1, 0.15) is 12.1 Å². The Morgan fingerprint density at radius 1 is 1.19 bits per heavy atom. The van der Waals surface area contributed by atoms with E-state index in [9.17, 15) is 9.90 Å². The first-order valence-corrected chi connectivity index (χ1v) is 11.8. The van der Waals surface area contributed by atoms with E-state index < -0.39 is 6.10 Å². The molecule has 1 fully saturated rings. The minimum Gasteiger partial charge on any atom is -0.387 e. The van der Waals surface area contributed by atoms with Crippen LogP contribution in [0.15, 0.2) is 30.6 Å². The standard InChI is InChI=1S/C24H32ClN5O2/c1-15(2)26-13-19(17-4-6-18(25)7-5-17)24(32)30-10-8-29(9-11-30)23-21-16(3)12-20(31)22(21)27-14-28-23/h4-7,14-16,19-20,26,31H,8-13H2,1-3H3/t16-,19-,20+/m0/s1. The lowest BCUT2D eigenvalue weighted by Crippen LogP contribution is -2.51. The first kappa shape index (κ1) is 23.0. The summed E-state index contributed by atoms with van der Waals surface area (Å²) in [6.07, 6.45) is 1.71.